The summed E-state index contributed by atoms with van der Waals surface area (Å²) in [5.41, 5.74) is 4.31. The predicted molar refractivity (Wildman–Crippen MR) is 149 cm³/mol. The minimum Gasteiger partial charge on any atom is -0.330 e. The second-order valence-corrected chi connectivity index (χ2v) is 11.4. The summed E-state index contributed by atoms with van der Waals surface area (Å²) in [5, 5.41) is 5.92. The molecule has 3 aromatic rings. The van der Waals surface area contributed by atoms with Crippen LogP contribution in [0.3, 0.4) is 0 Å². The Morgan fingerprint density at radius 1 is 1.13 bits per heavy atom. The third kappa shape index (κ3) is 4.76. The van der Waals surface area contributed by atoms with Crippen LogP contribution >= 0.6 is 0 Å². The lowest BCUT2D eigenvalue weighted by atomic mass is 9.79. The Labute approximate surface area is 228 Å². The average molecular weight is 522 g/mol. The molecule has 0 fully saturated rings. The Morgan fingerprint density at radius 3 is 2.56 bits per heavy atom. The highest BCUT2D eigenvalue weighted by molar-refractivity contribution is 6.06. The van der Waals surface area contributed by atoms with Gasteiger partial charge < -0.3 is 15.5 Å². The zero-order valence-corrected chi connectivity index (χ0v) is 22.6. The Hall–Kier alpha value is -4.51. The van der Waals surface area contributed by atoms with E-state index in [9.17, 15) is 14.4 Å². The molecule has 1 spiro atoms. The number of nitrogens with one attached hydrogen (secondary N) is 2. The average Bonchev–Trinajstić information content (AvgIpc) is 3.39. The molecular formula is C31H31N5O3. The maximum Gasteiger partial charge on any atom is 0.244 e. The number of rotatable bonds is 5. The number of pyridine rings is 1. The van der Waals surface area contributed by atoms with Gasteiger partial charge in [0.15, 0.2) is 5.69 Å². The van der Waals surface area contributed by atoms with Crippen LogP contribution in [0, 0.1) is 18.9 Å². The van der Waals surface area contributed by atoms with Crippen LogP contribution in [0.4, 0.5) is 17.2 Å². The summed E-state index contributed by atoms with van der Waals surface area (Å²) in [6.07, 6.45) is 2.78. The maximum atomic E-state index is 13.3. The minimum atomic E-state index is -0.696. The lowest BCUT2D eigenvalue weighted by molar-refractivity contribution is -0.142. The number of aromatic nitrogens is 1. The minimum absolute atomic E-state index is 0.0494. The fraction of sp³-hybridized carbons (Fsp3) is 0.323. The first kappa shape index (κ1) is 26.1. The molecule has 2 heterocycles. The number of para-hydroxylation sites is 1. The second-order valence-electron chi connectivity index (χ2n) is 11.4. The summed E-state index contributed by atoms with van der Waals surface area (Å²) in [7, 11) is 0. The van der Waals surface area contributed by atoms with Crippen molar-refractivity contribution in [1.29, 1.82) is 0 Å². The van der Waals surface area contributed by atoms with Crippen molar-refractivity contribution in [1.82, 2.24) is 9.88 Å². The topological polar surface area (TPSA) is 95.8 Å². The summed E-state index contributed by atoms with van der Waals surface area (Å²) in [6, 6.07) is 14.9. The number of carbonyl (C=O) groups excluding carboxylic acids is 3. The third-order valence-electron chi connectivity index (χ3n) is 7.53. The van der Waals surface area contributed by atoms with E-state index >= 15 is 0 Å². The normalized spacial score (nSPS) is 17.3. The highest BCUT2D eigenvalue weighted by Gasteiger charge is 2.51. The largest absolute Gasteiger partial charge is 0.330 e. The van der Waals surface area contributed by atoms with E-state index in [0.29, 0.717) is 35.6 Å². The van der Waals surface area contributed by atoms with Gasteiger partial charge in [-0.15, -0.1) is 0 Å². The van der Waals surface area contributed by atoms with Crippen molar-refractivity contribution < 1.29 is 14.4 Å². The van der Waals surface area contributed by atoms with E-state index in [-0.39, 0.29) is 30.8 Å². The molecule has 0 saturated heterocycles. The van der Waals surface area contributed by atoms with E-state index in [4.69, 9.17) is 6.57 Å². The molecule has 2 aromatic carbocycles. The van der Waals surface area contributed by atoms with Crippen LogP contribution < -0.4 is 10.6 Å². The highest BCUT2D eigenvalue weighted by Crippen LogP contribution is 2.47. The van der Waals surface area contributed by atoms with Gasteiger partial charge >= 0.3 is 0 Å². The fourth-order valence-corrected chi connectivity index (χ4v) is 5.58. The number of carbonyl (C=O) groups is 3. The number of hydrogen-bond acceptors (Lipinski definition) is 4. The zero-order valence-electron chi connectivity index (χ0n) is 22.6. The van der Waals surface area contributed by atoms with Gasteiger partial charge in [-0.2, -0.15) is 0 Å². The molecule has 198 valence electrons. The van der Waals surface area contributed by atoms with Crippen molar-refractivity contribution >= 4 is 34.9 Å². The van der Waals surface area contributed by atoms with E-state index in [0.717, 1.165) is 22.3 Å². The Morgan fingerprint density at radius 2 is 1.85 bits per heavy atom. The lowest BCUT2D eigenvalue weighted by Gasteiger charge is -2.29. The molecule has 0 saturated carbocycles. The van der Waals surface area contributed by atoms with Crippen LogP contribution in [0.1, 0.15) is 48.6 Å². The summed E-state index contributed by atoms with van der Waals surface area (Å²) >= 11 is 0. The van der Waals surface area contributed by atoms with Gasteiger partial charge in [0.1, 0.15) is 12.4 Å². The monoisotopic (exact) mass is 521 g/mol. The number of anilines is 2. The third-order valence-corrected chi connectivity index (χ3v) is 7.53. The molecule has 1 unspecified atom stereocenters. The number of aryl methyl sites for hydroxylation is 1. The van der Waals surface area contributed by atoms with Gasteiger partial charge in [0, 0.05) is 29.4 Å². The first-order valence-electron chi connectivity index (χ1n) is 13.0. The van der Waals surface area contributed by atoms with Crippen molar-refractivity contribution in [2.75, 3.05) is 17.2 Å². The molecule has 8 heteroatoms. The second kappa shape index (κ2) is 9.66. The quantitative estimate of drug-likeness (QED) is 0.465. The number of benzene rings is 2. The predicted octanol–water partition coefficient (Wildman–Crippen LogP) is 4.94. The molecule has 5 rings (SSSR count). The molecule has 0 bridgehead atoms. The maximum absolute atomic E-state index is 13.3. The zero-order chi connectivity index (χ0) is 27.9. The van der Waals surface area contributed by atoms with Crippen molar-refractivity contribution in [2.24, 2.45) is 5.41 Å². The van der Waals surface area contributed by atoms with Crippen LogP contribution in [-0.4, -0.2) is 34.2 Å². The Balaban J connectivity index is 1.37. The highest BCUT2D eigenvalue weighted by atomic mass is 16.2. The van der Waals surface area contributed by atoms with Crippen molar-refractivity contribution in [3.63, 3.8) is 0 Å². The molecule has 0 radical (unpaired) electrons. The molecule has 39 heavy (non-hydrogen) atoms. The SMILES string of the molecule is [C-]#[N+]c1ccccc1CN(CC(=O)Nc1cc2c(cc1C)CC1(C2)C(=O)Nc2ncccc21)C(=O)C(C)(C)C. The smallest absolute Gasteiger partial charge is 0.244 e. The van der Waals surface area contributed by atoms with Gasteiger partial charge in [0.25, 0.3) is 0 Å². The first-order chi connectivity index (χ1) is 18.5. The van der Waals surface area contributed by atoms with Crippen LogP contribution in [-0.2, 0) is 39.2 Å². The standard InChI is InChI=1S/C31H31N5O3/c1-19-13-21-15-31(23-10-8-12-33-27(23)35-28(31)38)16-22(21)14-25(19)34-26(37)18-36(29(39)30(2,3)4)17-20-9-6-7-11-24(20)32-5/h6-14H,15-18H2,1-4H3,(H,34,37)(H,33,35,38). The van der Waals surface area contributed by atoms with Gasteiger partial charge in [-0.1, -0.05) is 57.2 Å². The number of amides is 3. The Kier molecular flexibility index (Phi) is 6.47. The van der Waals surface area contributed by atoms with Crippen molar-refractivity contribution in [3.05, 3.63) is 94.0 Å². The van der Waals surface area contributed by atoms with Crippen LogP contribution in [0.5, 0.6) is 0 Å². The van der Waals surface area contributed by atoms with Gasteiger partial charge in [-0.25, -0.2) is 9.83 Å². The van der Waals surface area contributed by atoms with E-state index in [1.807, 2.05) is 64.1 Å². The van der Waals surface area contributed by atoms with Gasteiger partial charge in [0.2, 0.25) is 17.7 Å². The molecule has 2 N–H and O–H groups in total. The van der Waals surface area contributed by atoms with Crippen molar-refractivity contribution in [3.8, 4) is 0 Å². The summed E-state index contributed by atoms with van der Waals surface area (Å²) in [4.78, 5) is 49.0. The molecule has 2 aliphatic rings. The number of fused-ring (bicyclic) bond motifs is 3. The molecule has 1 atom stereocenters. The summed E-state index contributed by atoms with van der Waals surface area (Å²) in [5.74, 6) is 0.0667. The fourth-order valence-electron chi connectivity index (χ4n) is 5.58. The summed E-state index contributed by atoms with van der Waals surface area (Å²) in [6.45, 7) is 14.8. The van der Waals surface area contributed by atoms with Crippen LogP contribution in [0.15, 0.2) is 54.7 Å². The molecular weight excluding hydrogens is 490 g/mol. The molecule has 1 aliphatic carbocycles. The van der Waals surface area contributed by atoms with E-state index in [1.165, 1.54) is 4.90 Å². The van der Waals surface area contributed by atoms with E-state index < -0.39 is 10.8 Å². The Bertz CT molecular complexity index is 1550. The van der Waals surface area contributed by atoms with Gasteiger partial charge in [-0.05, 0) is 54.2 Å². The molecule has 1 aliphatic heterocycles. The van der Waals surface area contributed by atoms with E-state index in [1.54, 1.807) is 18.3 Å². The van der Waals surface area contributed by atoms with Crippen molar-refractivity contribution in [2.45, 2.75) is 52.5 Å². The first-order valence-corrected chi connectivity index (χ1v) is 13.0. The number of nitrogens with zero attached hydrogens (tertiary/aromatic N) is 3. The van der Waals surface area contributed by atoms with Gasteiger partial charge in [0.05, 0.1) is 12.0 Å². The van der Waals surface area contributed by atoms with Crippen LogP contribution in [0.25, 0.3) is 4.85 Å². The molecule has 3 amide bonds. The van der Waals surface area contributed by atoms with Crippen LogP contribution in [0.2, 0.25) is 0 Å². The summed E-state index contributed by atoms with van der Waals surface area (Å²) < 4.78 is 0. The van der Waals surface area contributed by atoms with E-state index in [2.05, 4.69) is 20.5 Å². The lowest BCUT2D eigenvalue weighted by Crippen LogP contribution is -2.43. The van der Waals surface area contributed by atoms with Gasteiger partial charge in [-0.3, -0.25) is 14.4 Å². The number of hydrogen-bond donors (Lipinski definition) is 2. The molecule has 1 aromatic heterocycles. The molecule has 8 nitrogen and oxygen atoms in total.